The highest BCUT2D eigenvalue weighted by Crippen LogP contribution is 2.37. The molecule has 2 aromatic rings. The summed E-state index contributed by atoms with van der Waals surface area (Å²) in [5.41, 5.74) is 0. The Hall–Kier alpha value is -2.76. The number of nitrogens with zero attached hydrogens (tertiary/aromatic N) is 2. The van der Waals surface area contributed by atoms with Gasteiger partial charge in [0.15, 0.2) is 18.1 Å². The number of rotatable bonds is 6. The number of hydrogen-bond donors (Lipinski definition) is 0. The van der Waals surface area contributed by atoms with Gasteiger partial charge >= 0.3 is 0 Å². The Morgan fingerprint density at radius 3 is 2.44 bits per heavy atom. The molecule has 2 aliphatic heterocycles. The van der Waals surface area contributed by atoms with Crippen LogP contribution in [0.2, 0.25) is 0 Å². The van der Waals surface area contributed by atoms with E-state index in [9.17, 15) is 4.79 Å². The van der Waals surface area contributed by atoms with Crippen molar-refractivity contribution in [2.75, 3.05) is 13.7 Å². The van der Waals surface area contributed by atoms with Crippen molar-refractivity contribution in [2.24, 2.45) is 0 Å². The fraction of sp³-hybridized carbons (Fsp3) is 0.429. The van der Waals surface area contributed by atoms with Crippen molar-refractivity contribution in [3.8, 4) is 17.4 Å². The van der Waals surface area contributed by atoms with E-state index in [1.165, 1.54) is 0 Å². The highest BCUT2D eigenvalue weighted by atomic mass is 16.5. The van der Waals surface area contributed by atoms with Crippen LogP contribution in [0.3, 0.4) is 0 Å². The minimum Gasteiger partial charge on any atom is -0.493 e. The fourth-order valence-corrected chi connectivity index (χ4v) is 4.17. The maximum atomic E-state index is 12.8. The topological polar surface area (TPSA) is 60.9 Å². The van der Waals surface area contributed by atoms with Crippen molar-refractivity contribution < 1.29 is 19.0 Å². The summed E-state index contributed by atoms with van der Waals surface area (Å²) in [7, 11) is 1.59. The maximum absolute atomic E-state index is 12.8. The number of carbonyl (C=O) groups excluding carboxylic acids is 1. The van der Waals surface area contributed by atoms with Gasteiger partial charge in [0, 0.05) is 37.2 Å². The van der Waals surface area contributed by atoms with Gasteiger partial charge in [0.2, 0.25) is 5.88 Å². The van der Waals surface area contributed by atoms with Crippen LogP contribution in [0.5, 0.6) is 17.4 Å². The summed E-state index contributed by atoms with van der Waals surface area (Å²) in [6, 6.07) is 13.5. The number of ether oxygens (including phenoxy) is 3. The summed E-state index contributed by atoms with van der Waals surface area (Å²) >= 11 is 0. The molecule has 0 spiro atoms. The Morgan fingerprint density at radius 1 is 1.07 bits per heavy atom. The lowest BCUT2D eigenvalue weighted by Crippen LogP contribution is -2.50. The molecule has 2 fully saturated rings. The molecule has 2 bridgehead atoms. The van der Waals surface area contributed by atoms with Crippen LogP contribution in [0, 0.1) is 0 Å². The summed E-state index contributed by atoms with van der Waals surface area (Å²) < 4.78 is 17.0. The normalized spacial score (nSPS) is 23.7. The second-order valence-electron chi connectivity index (χ2n) is 7.00. The molecule has 4 rings (SSSR count). The van der Waals surface area contributed by atoms with Crippen molar-refractivity contribution in [2.45, 2.75) is 43.9 Å². The minimum atomic E-state index is 0.0269. The second-order valence-corrected chi connectivity index (χ2v) is 7.00. The zero-order chi connectivity index (χ0) is 18.6. The smallest absolute Gasteiger partial charge is 0.261 e. The first-order chi connectivity index (χ1) is 13.2. The second kappa shape index (κ2) is 7.86. The molecule has 1 aromatic heterocycles. The monoisotopic (exact) mass is 368 g/mol. The molecule has 6 nitrogen and oxygen atoms in total. The van der Waals surface area contributed by atoms with Crippen molar-refractivity contribution in [3.05, 3.63) is 48.7 Å². The van der Waals surface area contributed by atoms with Gasteiger partial charge in [0.25, 0.3) is 5.91 Å². The number of methoxy groups -OCH3 is 1. The molecule has 6 heteroatoms. The summed E-state index contributed by atoms with van der Waals surface area (Å²) in [6.45, 7) is 0.0269. The lowest BCUT2D eigenvalue weighted by molar-refractivity contribution is -0.139. The van der Waals surface area contributed by atoms with E-state index in [0.29, 0.717) is 17.4 Å². The minimum absolute atomic E-state index is 0.0269. The maximum Gasteiger partial charge on any atom is 0.261 e. The van der Waals surface area contributed by atoms with Gasteiger partial charge in [-0.3, -0.25) is 4.79 Å². The Kier molecular flexibility index (Phi) is 5.14. The van der Waals surface area contributed by atoms with E-state index in [1.54, 1.807) is 13.3 Å². The number of aromatic nitrogens is 1. The SMILES string of the molecule is COc1ccccc1OCC(=O)N1C2CCC1CC(Oc1ccccn1)C2. The molecule has 1 amide bonds. The zero-order valence-corrected chi connectivity index (χ0v) is 15.4. The molecule has 142 valence electrons. The Labute approximate surface area is 159 Å². The highest BCUT2D eigenvalue weighted by Gasteiger charge is 2.44. The molecule has 0 aliphatic carbocycles. The van der Waals surface area contributed by atoms with Crippen LogP contribution in [0.4, 0.5) is 0 Å². The average Bonchev–Trinajstić information content (AvgIpc) is 2.98. The molecule has 27 heavy (non-hydrogen) atoms. The van der Waals surface area contributed by atoms with Crippen molar-refractivity contribution in [1.29, 1.82) is 0 Å². The van der Waals surface area contributed by atoms with Crippen LogP contribution in [-0.2, 0) is 4.79 Å². The molecule has 0 radical (unpaired) electrons. The van der Waals surface area contributed by atoms with E-state index in [2.05, 4.69) is 4.98 Å². The van der Waals surface area contributed by atoms with Gasteiger partial charge in [-0.1, -0.05) is 18.2 Å². The quantitative estimate of drug-likeness (QED) is 0.784. The van der Waals surface area contributed by atoms with Crippen molar-refractivity contribution >= 4 is 5.91 Å². The first kappa shape index (κ1) is 17.6. The van der Waals surface area contributed by atoms with Gasteiger partial charge < -0.3 is 19.1 Å². The number of amides is 1. The predicted octanol–water partition coefficient (Wildman–Crippen LogP) is 3.07. The molecule has 1 aromatic carbocycles. The first-order valence-corrected chi connectivity index (χ1v) is 9.39. The molecular formula is C21H24N2O4. The van der Waals surface area contributed by atoms with Crippen LogP contribution < -0.4 is 14.2 Å². The van der Waals surface area contributed by atoms with Gasteiger partial charge in [0.1, 0.15) is 6.10 Å². The van der Waals surface area contributed by atoms with E-state index < -0.39 is 0 Å². The molecule has 0 saturated carbocycles. The van der Waals surface area contributed by atoms with Gasteiger partial charge in [0.05, 0.1) is 7.11 Å². The van der Waals surface area contributed by atoms with E-state index in [0.717, 1.165) is 25.7 Å². The molecule has 2 saturated heterocycles. The number of pyridine rings is 1. The average molecular weight is 368 g/mol. The third kappa shape index (κ3) is 3.84. The predicted molar refractivity (Wildman–Crippen MR) is 100 cm³/mol. The summed E-state index contributed by atoms with van der Waals surface area (Å²) in [6.07, 6.45) is 5.57. The molecule has 0 N–H and O–H groups in total. The standard InChI is InChI=1S/C21H24N2O4/c1-25-18-6-2-3-7-19(18)26-14-21(24)23-15-9-10-16(23)13-17(12-15)27-20-8-4-5-11-22-20/h2-8,11,15-17H,9-10,12-14H2,1H3. The number of benzene rings is 1. The van der Waals surface area contributed by atoms with Crippen molar-refractivity contribution in [1.82, 2.24) is 9.88 Å². The largest absolute Gasteiger partial charge is 0.493 e. The number of carbonyl (C=O) groups is 1. The molecule has 2 atom stereocenters. The highest BCUT2D eigenvalue weighted by molar-refractivity contribution is 5.79. The van der Waals surface area contributed by atoms with Crippen LogP contribution in [0.1, 0.15) is 25.7 Å². The Bertz CT molecular complexity index is 769. The van der Waals surface area contributed by atoms with Gasteiger partial charge in [-0.2, -0.15) is 0 Å². The number of para-hydroxylation sites is 2. The summed E-state index contributed by atoms with van der Waals surface area (Å²) in [5, 5.41) is 0. The van der Waals surface area contributed by atoms with Crippen LogP contribution in [0.15, 0.2) is 48.7 Å². The van der Waals surface area contributed by atoms with Crippen LogP contribution in [0.25, 0.3) is 0 Å². The van der Waals surface area contributed by atoms with Crippen LogP contribution in [-0.4, -0.2) is 47.7 Å². The Morgan fingerprint density at radius 2 is 1.78 bits per heavy atom. The van der Waals surface area contributed by atoms with Crippen molar-refractivity contribution in [3.63, 3.8) is 0 Å². The molecule has 2 aliphatic rings. The lowest BCUT2D eigenvalue weighted by Gasteiger charge is -2.38. The van der Waals surface area contributed by atoms with E-state index >= 15 is 0 Å². The summed E-state index contributed by atoms with van der Waals surface area (Å²) in [5.74, 6) is 1.91. The van der Waals surface area contributed by atoms with E-state index in [1.807, 2.05) is 47.4 Å². The van der Waals surface area contributed by atoms with Crippen LogP contribution >= 0.6 is 0 Å². The molecular weight excluding hydrogens is 344 g/mol. The zero-order valence-electron chi connectivity index (χ0n) is 15.4. The number of hydrogen-bond acceptors (Lipinski definition) is 5. The summed E-state index contributed by atoms with van der Waals surface area (Å²) in [4.78, 5) is 19.1. The lowest BCUT2D eigenvalue weighted by atomic mass is 9.99. The third-order valence-corrected chi connectivity index (χ3v) is 5.32. The van der Waals surface area contributed by atoms with Gasteiger partial charge in [-0.15, -0.1) is 0 Å². The van der Waals surface area contributed by atoms with Gasteiger partial charge in [-0.25, -0.2) is 4.98 Å². The third-order valence-electron chi connectivity index (χ3n) is 5.32. The number of fused-ring (bicyclic) bond motifs is 2. The van der Waals surface area contributed by atoms with E-state index in [-0.39, 0.29) is 30.7 Å². The first-order valence-electron chi connectivity index (χ1n) is 9.39. The van der Waals surface area contributed by atoms with E-state index in [4.69, 9.17) is 14.2 Å². The molecule has 3 heterocycles. The number of piperidine rings is 1. The molecule has 2 unspecified atom stereocenters. The van der Waals surface area contributed by atoms with Gasteiger partial charge in [-0.05, 0) is 31.0 Å². The Balaban J connectivity index is 1.35. The fourth-order valence-electron chi connectivity index (χ4n) is 4.17.